The number of nitriles is 1. The maximum atomic E-state index is 14.4. The van der Waals surface area contributed by atoms with Crippen molar-refractivity contribution in [1.29, 1.82) is 5.26 Å². The Morgan fingerprint density at radius 2 is 2.20 bits per heavy atom. The third-order valence-electron chi connectivity index (χ3n) is 3.38. The Bertz CT molecular complexity index is 701. The van der Waals surface area contributed by atoms with Crippen molar-refractivity contribution >= 4 is 22.0 Å². The summed E-state index contributed by atoms with van der Waals surface area (Å²) in [6, 6.07) is 3.30. The van der Waals surface area contributed by atoms with Gasteiger partial charge < -0.3 is 14.4 Å². The van der Waals surface area contributed by atoms with E-state index in [4.69, 9.17) is 14.7 Å². The molecule has 0 unspecified atom stereocenters. The van der Waals surface area contributed by atoms with E-state index in [1.807, 2.05) is 6.07 Å². The summed E-state index contributed by atoms with van der Waals surface area (Å²) >= 11 is 3.16. The third kappa shape index (κ3) is 5.01. The average molecular weight is 418 g/mol. The van der Waals surface area contributed by atoms with Gasteiger partial charge in [0.25, 0.3) is 0 Å². The van der Waals surface area contributed by atoms with Crippen molar-refractivity contribution < 1.29 is 23.0 Å². The number of carbonyl (C=O) groups is 1. The summed E-state index contributed by atoms with van der Waals surface area (Å²) in [5.74, 6) is -3.45. The van der Waals surface area contributed by atoms with Gasteiger partial charge in [0.05, 0.1) is 6.54 Å². The first-order chi connectivity index (χ1) is 11.5. The van der Waals surface area contributed by atoms with Crippen molar-refractivity contribution in [3.05, 3.63) is 22.3 Å². The highest BCUT2D eigenvalue weighted by atomic mass is 79.9. The number of nitrogens with zero attached hydrogens (tertiary/aromatic N) is 3. The first-order valence-electron chi connectivity index (χ1n) is 7.60. The van der Waals surface area contributed by atoms with Crippen molar-refractivity contribution in [3.63, 3.8) is 0 Å². The van der Waals surface area contributed by atoms with E-state index in [0.29, 0.717) is 4.47 Å². The first kappa shape index (κ1) is 19.4. The van der Waals surface area contributed by atoms with E-state index in [1.54, 1.807) is 20.8 Å². The molecule has 0 spiro atoms. The summed E-state index contributed by atoms with van der Waals surface area (Å²) in [5, 5.41) is 9.08. The van der Waals surface area contributed by atoms with Gasteiger partial charge in [0, 0.05) is 23.6 Å². The molecule has 0 bridgehead atoms. The molecule has 0 N–H and O–H groups in total. The highest BCUT2D eigenvalue weighted by Crippen LogP contribution is 2.32. The van der Waals surface area contributed by atoms with Crippen molar-refractivity contribution in [2.45, 2.75) is 44.8 Å². The van der Waals surface area contributed by atoms with Crippen molar-refractivity contribution in [1.82, 2.24) is 9.88 Å². The Kier molecular flexibility index (Phi) is 5.52. The molecule has 6 nitrogen and oxygen atoms in total. The highest BCUT2D eigenvalue weighted by molar-refractivity contribution is 9.10. The molecular formula is C16H18BrF2N3O3. The normalized spacial score (nSPS) is 19.9. The topological polar surface area (TPSA) is 75.4 Å². The van der Waals surface area contributed by atoms with E-state index in [1.165, 1.54) is 12.3 Å². The molecule has 1 aliphatic heterocycles. The van der Waals surface area contributed by atoms with Gasteiger partial charge in [-0.15, -0.1) is 0 Å². The molecule has 1 atom stereocenters. The van der Waals surface area contributed by atoms with E-state index in [2.05, 4.69) is 20.9 Å². The number of hydrogen-bond donors (Lipinski definition) is 0. The lowest BCUT2D eigenvalue weighted by Gasteiger charge is -2.38. The zero-order chi connectivity index (χ0) is 18.8. The molecule has 1 aliphatic rings. The summed E-state index contributed by atoms with van der Waals surface area (Å²) in [6.45, 7) is 4.25. The second kappa shape index (κ2) is 7.12. The number of aromatic nitrogens is 1. The van der Waals surface area contributed by atoms with Crippen LogP contribution < -0.4 is 4.74 Å². The number of likely N-dealkylation sites (tertiary alicyclic amines) is 1. The van der Waals surface area contributed by atoms with Crippen LogP contribution in [-0.2, 0) is 4.74 Å². The Balaban J connectivity index is 2.09. The van der Waals surface area contributed by atoms with Crippen LogP contribution in [0.15, 0.2) is 16.7 Å². The lowest BCUT2D eigenvalue weighted by atomic mass is 10.0. The Morgan fingerprint density at radius 3 is 2.76 bits per heavy atom. The number of hydrogen-bond acceptors (Lipinski definition) is 5. The zero-order valence-corrected chi connectivity index (χ0v) is 15.6. The summed E-state index contributed by atoms with van der Waals surface area (Å²) < 4.78 is 39.8. The number of carbonyl (C=O) groups excluding carboxylic acids is 1. The summed E-state index contributed by atoms with van der Waals surface area (Å²) in [7, 11) is 0. The van der Waals surface area contributed by atoms with E-state index in [9.17, 15) is 13.6 Å². The third-order valence-corrected chi connectivity index (χ3v) is 3.81. The molecule has 1 amide bonds. The van der Waals surface area contributed by atoms with Crippen LogP contribution in [0.1, 0.15) is 32.8 Å². The SMILES string of the molecule is CC(C)(C)OC(=O)N1CC[C@H](Oc2ncc(Br)cc2C#N)C(F)(F)C1. The van der Waals surface area contributed by atoms with E-state index < -0.39 is 30.3 Å². The fraction of sp³-hybridized carbons (Fsp3) is 0.562. The predicted molar refractivity (Wildman–Crippen MR) is 88.4 cm³/mol. The molecule has 0 aliphatic carbocycles. The molecule has 1 aromatic rings. The van der Waals surface area contributed by atoms with Crippen LogP contribution in [0.5, 0.6) is 5.88 Å². The number of rotatable bonds is 2. The van der Waals surface area contributed by atoms with Gasteiger partial charge in [-0.3, -0.25) is 0 Å². The van der Waals surface area contributed by atoms with Gasteiger partial charge in [-0.05, 0) is 42.8 Å². The predicted octanol–water partition coefficient (Wildman–Crippen LogP) is 3.74. The van der Waals surface area contributed by atoms with Crippen LogP contribution in [0.3, 0.4) is 0 Å². The van der Waals surface area contributed by atoms with Gasteiger partial charge in [0.2, 0.25) is 5.88 Å². The summed E-state index contributed by atoms with van der Waals surface area (Å²) in [6.07, 6.45) is -1.00. The Morgan fingerprint density at radius 1 is 1.52 bits per heavy atom. The van der Waals surface area contributed by atoms with Gasteiger partial charge in [-0.2, -0.15) is 5.26 Å². The smallest absolute Gasteiger partial charge is 0.410 e. The molecule has 25 heavy (non-hydrogen) atoms. The van der Waals surface area contributed by atoms with Crippen molar-refractivity contribution in [2.24, 2.45) is 0 Å². The minimum Gasteiger partial charge on any atom is -0.467 e. The van der Waals surface area contributed by atoms with Crippen LogP contribution in [0.25, 0.3) is 0 Å². The van der Waals surface area contributed by atoms with E-state index >= 15 is 0 Å². The van der Waals surface area contributed by atoms with E-state index in [-0.39, 0.29) is 24.4 Å². The number of ether oxygens (including phenoxy) is 2. The Hall–Kier alpha value is -1.95. The van der Waals surface area contributed by atoms with Gasteiger partial charge in [0.1, 0.15) is 17.2 Å². The van der Waals surface area contributed by atoms with Gasteiger partial charge in [-0.25, -0.2) is 18.6 Å². The van der Waals surface area contributed by atoms with Crippen LogP contribution >= 0.6 is 15.9 Å². The quantitative estimate of drug-likeness (QED) is 0.732. The minimum atomic E-state index is -3.30. The highest BCUT2D eigenvalue weighted by Gasteiger charge is 2.48. The largest absolute Gasteiger partial charge is 0.467 e. The molecule has 2 heterocycles. The maximum absolute atomic E-state index is 14.4. The molecule has 136 valence electrons. The second-order valence-electron chi connectivity index (χ2n) is 6.68. The lowest BCUT2D eigenvalue weighted by Crippen LogP contribution is -2.56. The fourth-order valence-corrected chi connectivity index (χ4v) is 2.61. The summed E-state index contributed by atoms with van der Waals surface area (Å²) in [5.41, 5.74) is -0.706. The molecule has 9 heteroatoms. The van der Waals surface area contributed by atoms with Gasteiger partial charge in [0.15, 0.2) is 6.10 Å². The van der Waals surface area contributed by atoms with Crippen LogP contribution in [0, 0.1) is 11.3 Å². The van der Waals surface area contributed by atoms with Crippen LogP contribution in [0.2, 0.25) is 0 Å². The number of amides is 1. The average Bonchev–Trinajstić information content (AvgIpc) is 2.48. The molecule has 0 saturated carbocycles. The molecule has 0 aromatic carbocycles. The van der Waals surface area contributed by atoms with Crippen molar-refractivity contribution in [3.8, 4) is 11.9 Å². The number of halogens is 3. The van der Waals surface area contributed by atoms with Crippen LogP contribution in [-0.4, -0.2) is 46.7 Å². The fourth-order valence-electron chi connectivity index (χ4n) is 2.28. The molecule has 2 rings (SSSR count). The first-order valence-corrected chi connectivity index (χ1v) is 8.39. The monoisotopic (exact) mass is 417 g/mol. The molecular weight excluding hydrogens is 400 g/mol. The summed E-state index contributed by atoms with van der Waals surface area (Å²) in [4.78, 5) is 16.8. The standard InChI is InChI=1S/C16H18BrF2N3O3/c1-15(2,3)25-14(23)22-5-4-12(16(18,19)9-22)24-13-10(7-20)6-11(17)8-21-13/h6,8,12H,4-5,9H2,1-3H3/t12-/m0/s1. The maximum Gasteiger partial charge on any atom is 0.410 e. The molecule has 1 fully saturated rings. The molecule has 1 aromatic heterocycles. The number of pyridine rings is 1. The van der Waals surface area contributed by atoms with Crippen LogP contribution in [0.4, 0.5) is 13.6 Å². The van der Waals surface area contributed by atoms with Gasteiger partial charge in [-0.1, -0.05) is 0 Å². The zero-order valence-electron chi connectivity index (χ0n) is 14.1. The van der Waals surface area contributed by atoms with Crippen molar-refractivity contribution in [2.75, 3.05) is 13.1 Å². The molecule has 1 saturated heterocycles. The second-order valence-corrected chi connectivity index (χ2v) is 7.59. The lowest BCUT2D eigenvalue weighted by molar-refractivity contribution is -0.138. The van der Waals surface area contributed by atoms with Gasteiger partial charge >= 0.3 is 12.0 Å². The molecule has 0 radical (unpaired) electrons. The Labute approximate surface area is 152 Å². The number of alkyl halides is 2. The van der Waals surface area contributed by atoms with E-state index in [0.717, 1.165) is 4.90 Å². The minimum absolute atomic E-state index is 0.0553. The number of piperidine rings is 1.